The van der Waals surface area contributed by atoms with E-state index in [4.69, 9.17) is 0 Å². The highest BCUT2D eigenvalue weighted by molar-refractivity contribution is 7.26. The molecule has 0 aliphatic carbocycles. The van der Waals surface area contributed by atoms with Gasteiger partial charge in [0.05, 0.1) is 0 Å². The van der Waals surface area contributed by atoms with Crippen LogP contribution in [-0.2, 0) is 6.54 Å². The lowest BCUT2D eigenvalue weighted by Gasteiger charge is -2.17. The number of likely N-dealkylation sites (N-methyl/N-ethyl adjacent to an activating group) is 1. The van der Waals surface area contributed by atoms with Crippen LogP contribution >= 0.6 is 22.7 Å². The van der Waals surface area contributed by atoms with Crippen molar-refractivity contribution >= 4 is 32.1 Å². The summed E-state index contributed by atoms with van der Waals surface area (Å²) in [6.45, 7) is 9.96. The van der Waals surface area contributed by atoms with Gasteiger partial charge in [0.25, 0.3) is 0 Å². The highest BCUT2D eigenvalue weighted by atomic mass is 32.1. The second kappa shape index (κ2) is 6.50. The summed E-state index contributed by atoms with van der Waals surface area (Å²) < 4.78 is 2.85. The van der Waals surface area contributed by atoms with Crippen molar-refractivity contribution in [1.29, 1.82) is 0 Å². The van der Waals surface area contributed by atoms with Crippen LogP contribution in [0, 0.1) is 0 Å². The molecule has 1 N–H and O–H groups in total. The summed E-state index contributed by atoms with van der Waals surface area (Å²) in [7, 11) is 0. The molecule has 0 atom stereocenters. The van der Waals surface area contributed by atoms with Crippen molar-refractivity contribution in [3.05, 3.63) is 22.4 Å². The maximum atomic E-state index is 3.52. The number of nitrogens with zero attached hydrogens (tertiary/aromatic N) is 1. The lowest BCUT2D eigenvalue weighted by molar-refractivity contribution is 0.302. The van der Waals surface area contributed by atoms with Gasteiger partial charge >= 0.3 is 0 Å². The van der Waals surface area contributed by atoms with E-state index in [0.717, 1.165) is 32.7 Å². The Bertz CT molecular complexity index is 414. The van der Waals surface area contributed by atoms with Gasteiger partial charge in [-0.3, -0.25) is 0 Å². The molecule has 94 valence electrons. The maximum absolute atomic E-state index is 3.52. The Labute approximate surface area is 111 Å². The standard InChI is InChI=1S/C13H20N2S2/c1-3-15(4-2)7-6-14-10-11-9-13-12(17-11)5-8-16-13/h5,8-9,14H,3-4,6-7,10H2,1-2H3. The Morgan fingerprint density at radius 3 is 2.76 bits per heavy atom. The first-order valence-electron chi connectivity index (χ1n) is 6.22. The average Bonchev–Trinajstić information content (AvgIpc) is 2.89. The summed E-state index contributed by atoms with van der Waals surface area (Å²) in [5.74, 6) is 0. The molecule has 2 rings (SSSR count). The van der Waals surface area contributed by atoms with E-state index in [1.165, 1.54) is 14.3 Å². The van der Waals surface area contributed by atoms with Crippen molar-refractivity contribution in [2.45, 2.75) is 20.4 Å². The molecule has 0 aliphatic heterocycles. The van der Waals surface area contributed by atoms with Crippen molar-refractivity contribution in [2.75, 3.05) is 26.2 Å². The lowest BCUT2D eigenvalue weighted by atomic mass is 10.4. The molecule has 2 nitrogen and oxygen atoms in total. The molecule has 0 unspecified atom stereocenters. The maximum Gasteiger partial charge on any atom is 0.0453 e. The number of hydrogen-bond donors (Lipinski definition) is 1. The molecule has 0 saturated heterocycles. The minimum atomic E-state index is 1.01. The smallest absolute Gasteiger partial charge is 0.0453 e. The molecule has 4 heteroatoms. The summed E-state index contributed by atoms with van der Waals surface area (Å²) >= 11 is 3.74. The van der Waals surface area contributed by atoms with E-state index in [-0.39, 0.29) is 0 Å². The second-order valence-corrected chi connectivity index (χ2v) is 6.18. The summed E-state index contributed by atoms with van der Waals surface area (Å²) in [6, 6.07) is 4.53. The van der Waals surface area contributed by atoms with Crippen LogP contribution in [0.5, 0.6) is 0 Å². The van der Waals surface area contributed by atoms with Crippen LogP contribution in [0.1, 0.15) is 18.7 Å². The van der Waals surface area contributed by atoms with Gasteiger partial charge in [0.2, 0.25) is 0 Å². The molecule has 0 saturated carbocycles. The molecular formula is C13H20N2S2. The molecule has 0 aromatic carbocycles. The van der Waals surface area contributed by atoms with Crippen LogP contribution in [0.15, 0.2) is 17.5 Å². The minimum absolute atomic E-state index is 1.01. The number of fused-ring (bicyclic) bond motifs is 1. The fourth-order valence-electron chi connectivity index (χ4n) is 1.89. The normalized spacial score (nSPS) is 11.7. The second-order valence-electron chi connectivity index (χ2n) is 4.07. The molecule has 0 spiro atoms. The van der Waals surface area contributed by atoms with E-state index in [0.29, 0.717) is 0 Å². The number of hydrogen-bond acceptors (Lipinski definition) is 4. The van der Waals surface area contributed by atoms with Gasteiger partial charge in [-0.15, -0.1) is 22.7 Å². The minimum Gasteiger partial charge on any atom is -0.311 e. The van der Waals surface area contributed by atoms with Crippen LogP contribution in [0.4, 0.5) is 0 Å². The van der Waals surface area contributed by atoms with E-state index < -0.39 is 0 Å². The molecule has 0 fully saturated rings. The largest absolute Gasteiger partial charge is 0.311 e. The number of nitrogens with one attached hydrogen (secondary N) is 1. The Hall–Kier alpha value is -0.420. The highest BCUT2D eigenvalue weighted by Crippen LogP contribution is 2.29. The van der Waals surface area contributed by atoms with E-state index >= 15 is 0 Å². The van der Waals surface area contributed by atoms with Crippen LogP contribution in [0.2, 0.25) is 0 Å². The zero-order chi connectivity index (χ0) is 12.1. The molecule has 2 heterocycles. The van der Waals surface area contributed by atoms with Crippen LogP contribution in [0.25, 0.3) is 9.40 Å². The third kappa shape index (κ3) is 3.52. The fraction of sp³-hybridized carbons (Fsp3) is 0.538. The molecule has 0 bridgehead atoms. The fourth-order valence-corrected chi connectivity index (χ4v) is 4.00. The first kappa shape index (κ1) is 13.0. The van der Waals surface area contributed by atoms with E-state index in [1.807, 2.05) is 22.7 Å². The SMILES string of the molecule is CCN(CC)CCNCc1cc2sccc2s1. The monoisotopic (exact) mass is 268 g/mol. The molecule has 0 amide bonds. The van der Waals surface area contributed by atoms with Crippen molar-refractivity contribution in [3.8, 4) is 0 Å². The van der Waals surface area contributed by atoms with Crippen molar-refractivity contribution in [2.24, 2.45) is 0 Å². The number of rotatable bonds is 7. The average molecular weight is 268 g/mol. The van der Waals surface area contributed by atoms with Crippen molar-refractivity contribution in [3.63, 3.8) is 0 Å². The van der Waals surface area contributed by atoms with E-state index in [2.05, 4.69) is 41.6 Å². The third-order valence-electron chi connectivity index (χ3n) is 2.99. The van der Waals surface area contributed by atoms with Crippen LogP contribution < -0.4 is 5.32 Å². The first-order chi connectivity index (χ1) is 8.33. The molecule has 2 aromatic heterocycles. The summed E-state index contributed by atoms with van der Waals surface area (Å²) in [5.41, 5.74) is 0. The Morgan fingerprint density at radius 2 is 2.06 bits per heavy atom. The highest BCUT2D eigenvalue weighted by Gasteiger charge is 2.02. The lowest BCUT2D eigenvalue weighted by Crippen LogP contribution is -2.31. The van der Waals surface area contributed by atoms with Gasteiger partial charge in [-0.1, -0.05) is 13.8 Å². The van der Waals surface area contributed by atoms with Crippen molar-refractivity contribution < 1.29 is 0 Å². The zero-order valence-electron chi connectivity index (χ0n) is 10.5. The summed E-state index contributed by atoms with van der Waals surface area (Å²) in [6.07, 6.45) is 0. The van der Waals surface area contributed by atoms with Gasteiger partial charge in [0, 0.05) is 33.9 Å². The quantitative estimate of drug-likeness (QED) is 0.774. The van der Waals surface area contributed by atoms with E-state index in [9.17, 15) is 0 Å². The van der Waals surface area contributed by atoms with E-state index in [1.54, 1.807) is 0 Å². The third-order valence-corrected chi connectivity index (χ3v) is 5.08. The van der Waals surface area contributed by atoms with Gasteiger partial charge in [0.15, 0.2) is 0 Å². The van der Waals surface area contributed by atoms with Crippen LogP contribution in [0.3, 0.4) is 0 Å². The Balaban J connectivity index is 1.73. The molecular weight excluding hydrogens is 248 g/mol. The first-order valence-corrected chi connectivity index (χ1v) is 7.92. The zero-order valence-corrected chi connectivity index (χ0v) is 12.2. The predicted molar refractivity (Wildman–Crippen MR) is 79.2 cm³/mol. The Kier molecular flexibility index (Phi) is 4.98. The molecule has 0 aliphatic rings. The molecule has 0 radical (unpaired) electrons. The number of thiophene rings is 2. The van der Waals surface area contributed by atoms with Gasteiger partial charge in [-0.05, 0) is 30.6 Å². The molecule has 17 heavy (non-hydrogen) atoms. The van der Waals surface area contributed by atoms with Gasteiger partial charge < -0.3 is 10.2 Å². The topological polar surface area (TPSA) is 15.3 Å². The summed E-state index contributed by atoms with van der Waals surface area (Å²) in [4.78, 5) is 3.89. The predicted octanol–water partition coefficient (Wildman–Crippen LogP) is 3.39. The van der Waals surface area contributed by atoms with Gasteiger partial charge in [0.1, 0.15) is 0 Å². The summed E-state index contributed by atoms with van der Waals surface area (Å²) in [5, 5.41) is 5.69. The molecule has 2 aromatic rings. The van der Waals surface area contributed by atoms with Gasteiger partial charge in [-0.25, -0.2) is 0 Å². The van der Waals surface area contributed by atoms with Crippen molar-refractivity contribution in [1.82, 2.24) is 10.2 Å². The Morgan fingerprint density at radius 1 is 1.24 bits per heavy atom. The van der Waals surface area contributed by atoms with Gasteiger partial charge in [-0.2, -0.15) is 0 Å². The van der Waals surface area contributed by atoms with Crippen LogP contribution in [-0.4, -0.2) is 31.1 Å².